The predicted molar refractivity (Wildman–Crippen MR) is 99.9 cm³/mol. The van der Waals surface area contributed by atoms with Gasteiger partial charge in [-0.2, -0.15) is 0 Å². The van der Waals surface area contributed by atoms with Gasteiger partial charge in [-0.25, -0.2) is 9.59 Å². The van der Waals surface area contributed by atoms with Crippen LogP contribution in [0.4, 0.5) is 5.69 Å². The van der Waals surface area contributed by atoms with E-state index in [4.69, 9.17) is 26.8 Å². The fourth-order valence-electron chi connectivity index (χ4n) is 2.69. The quantitative estimate of drug-likeness (QED) is 0.392. The third-order valence-corrected chi connectivity index (χ3v) is 4.31. The van der Waals surface area contributed by atoms with Crippen LogP contribution in [0.15, 0.2) is 41.2 Å². The van der Waals surface area contributed by atoms with E-state index in [-0.39, 0.29) is 22.9 Å². The van der Waals surface area contributed by atoms with Gasteiger partial charge in [-0.1, -0.05) is 23.7 Å². The fourth-order valence-corrected chi connectivity index (χ4v) is 2.86. The van der Waals surface area contributed by atoms with Crippen molar-refractivity contribution in [2.24, 2.45) is 0 Å². The Bertz CT molecular complexity index is 1010. The molecule has 0 saturated heterocycles. The monoisotopic (exact) mass is 375 g/mol. The smallest absolute Gasteiger partial charge is 0.341 e. The average molecular weight is 376 g/mol. The lowest BCUT2D eigenvalue weighted by Gasteiger charge is -2.11. The number of ether oxygens (including phenoxy) is 2. The van der Waals surface area contributed by atoms with E-state index in [9.17, 15) is 9.59 Å². The SMILES string of the molecule is COc1cc(N)c(Cl)cc1C(=O)OCCCn1c(=O)[nH]c2ccccc21. The number of H-pyrrole nitrogens is 1. The maximum absolute atomic E-state index is 12.3. The summed E-state index contributed by atoms with van der Waals surface area (Å²) in [7, 11) is 1.43. The van der Waals surface area contributed by atoms with Crippen LogP contribution >= 0.6 is 11.6 Å². The standard InChI is InChI=1S/C18H18ClN3O4/c1-25-16-10-13(20)12(19)9-11(16)17(23)26-8-4-7-22-15-6-3-2-5-14(15)21-18(22)24/h2-3,5-6,9-10H,4,7-8,20H2,1H3,(H,21,24). The Kier molecular flexibility index (Phi) is 5.18. The van der Waals surface area contributed by atoms with E-state index in [0.29, 0.717) is 24.4 Å². The van der Waals surface area contributed by atoms with Crippen molar-refractivity contribution in [2.75, 3.05) is 19.5 Å². The number of carbonyl (C=O) groups excluding carboxylic acids is 1. The lowest BCUT2D eigenvalue weighted by molar-refractivity contribution is 0.0492. The van der Waals surface area contributed by atoms with E-state index in [1.807, 2.05) is 24.3 Å². The highest BCUT2D eigenvalue weighted by atomic mass is 35.5. The van der Waals surface area contributed by atoms with Crippen molar-refractivity contribution in [3.8, 4) is 5.75 Å². The molecule has 0 aliphatic heterocycles. The second kappa shape index (κ2) is 7.53. The minimum Gasteiger partial charge on any atom is -0.496 e. The number of methoxy groups -OCH3 is 1. The largest absolute Gasteiger partial charge is 0.496 e. The molecule has 7 nitrogen and oxygen atoms in total. The summed E-state index contributed by atoms with van der Waals surface area (Å²) < 4.78 is 12.0. The highest BCUT2D eigenvalue weighted by molar-refractivity contribution is 6.33. The molecular weight excluding hydrogens is 358 g/mol. The normalized spacial score (nSPS) is 10.8. The molecule has 0 bridgehead atoms. The molecule has 0 unspecified atom stereocenters. The minimum absolute atomic E-state index is 0.149. The van der Waals surface area contributed by atoms with Gasteiger partial charge in [0.15, 0.2) is 0 Å². The summed E-state index contributed by atoms with van der Waals surface area (Å²) in [5.74, 6) is -0.264. The van der Waals surface area contributed by atoms with Gasteiger partial charge < -0.3 is 20.2 Å². The molecule has 1 aromatic heterocycles. The van der Waals surface area contributed by atoms with E-state index in [0.717, 1.165) is 11.0 Å². The molecule has 0 amide bonds. The number of nitrogens with one attached hydrogen (secondary N) is 1. The summed E-state index contributed by atoms with van der Waals surface area (Å²) in [6.45, 7) is 0.575. The molecule has 26 heavy (non-hydrogen) atoms. The highest BCUT2D eigenvalue weighted by Crippen LogP contribution is 2.29. The van der Waals surface area contributed by atoms with Crippen molar-refractivity contribution in [1.29, 1.82) is 0 Å². The molecule has 136 valence electrons. The summed E-state index contributed by atoms with van der Waals surface area (Å²) in [6, 6.07) is 10.3. The number of fused-ring (bicyclic) bond motifs is 1. The molecule has 0 aliphatic carbocycles. The maximum Gasteiger partial charge on any atom is 0.341 e. The van der Waals surface area contributed by atoms with Crippen molar-refractivity contribution in [1.82, 2.24) is 9.55 Å². The first-order valence-corrected chi connectivity index (χ1v) is 8.36. The number of aromatic amines is 1. The van der Waals surface area contributed by atoms with Gasteiger partial charge in [0.1, 0.15) is 11.3 Å². The number of aromatic nitrogens is 2. The van der Waals surface area contributed by atoms with Crippen molar-refractivity contribution in [2.45, 2.75) is 13.0 Å². The average Bonchev–Trinajstić information content (AvgIpc) is 2.95. The van der Waals surface area contributed by atoms with Gasteiger partial charge in [0.05, 0.1) is 35.5 Å². The molecule has 2 aromatic carbocycles. The second-order valence-corrected chi connectivity index (χ2v) is 6.07. The number of esters is 1. The number of nitrogen functional groups attached to an aromatic ring is 1. The topological polar surface area (TPSA) is 99.3 Å². The summed E-state index contributed by atoms with van der Waals surface area (Å²) in [6.07, 6.45) is 0.485. The number of hydrogen-bond donors (Lipinski definition) is 2. The molecular formula is C18H18ClN3O4. The number of halogens is 1. The van der Waals surface area contributed by atoms with Gasteiger partial charge in [-0.15, -0.1) is 0 Å². The summed E-state index contributed by atoms with van der Waals surface area (Å²) in [5, 5.41) is 0.253. The second-order valence-electron chi connectivity index (χ2n) is 5.66. The molecule has 8 heteroatoms. The van der Waals surface area contributed by atoms with Crippen LogP contribution in [-0.2, 0) is 11.3 Å². The van der Waals surface area contributed by atoms with Crippen LogP contribution in [0.25, 0.3) is 11.0 Å². The molecule has 3 rings (SSSR count). The van der Waals surface area contributed by atoms with Crippen LogP contribution in [0.2, 0.25) is 5.02 Å². The van der Waals surface area contributed by atoms with Gasteiger partial charge in [-0.3, -0.25) is 4.57 Å². The number of nitrogens with zero attached hydrogens (tertiary/aromatic N) is 1. The van der Waals surface area contributed by atoms with Gasteiger partial charge in [0.2, 0.25) is 0 Å². The van der Waals surface area contributed by atoms with E-state index in [1.54, 1.807) is 4.57 Å². The third kappa shape index (κ3) is 3.52. The number of anilines is 1. The van der Waals surface area contributed by atoms with Crippen LogP contribution in [0, 0.1) is 0 Å². The van der Waals surface area contributed by atoms with Crippen LogP contribution in [0.1, 0.15) is 16.8 Å². The van der Waals surface area contributed by atoms with Crippen LogP contribution in [-0.4, -0.2) is 29.2 Å². The Morgan fingerprint density at radius 2 is 2.08 bits per heavy atom. The van der Waals surface area contributed by atoms with Crippen molar-refractivity contribution in [3.05, 3.63) is 57.5 Å². The first-order valence-electron chi connectivity index (χ1n) is 7.99. The minimum atomic E-state index is -0.560. The van der Waals surface area contributed by atoms with E-state index < -0.39 is 5.97 Å². The van der Waals surface area contributed by atoms with Crippen molar-refractivity contribution < 1.29 is 14.3 Å². The number of carbonyl (C=O) groups is 1. The first kappa shape index (κ1) is 17.9. The fraction of sp³-hybridized carbons (Fsp3) is 0.222. The zero-order chi connectivity index (χ0) is 18.7. The molecule has 3 aromatic rings. The molecule has 0 spiro atoms. The van der Waals surface area contributed by atoms with E-state index in [2.05, 4.69) is 4.98 Å². The Hall–Kier alpha value is -2.93. The van der Waals surface area contributed by atoms with Gasteiger partial charge in [-0.05, 0) is 24.6 Å². The zero-order valence-electron chi connectivity index (χ0n) is 14.1. The van der Waals surface area contributed by atoms with Crippen LogP contribution < -0.4 is 16.2 Å². The Labute approximate surface area is 154 Å². The highest BCUT2D eigenvalue weighted by Gasteiger charge is 2.16. The first-order chi connectivity index (χ1) is 12.5. The van der Waals surface area contributed by atoms with E-state index >= 15 is 0 Å². The van der Waals surface area contributed by atoms with Crippen LogP contribution in [0.3, 0.4) is 0 Å². The van der Waals surface area contributed by atoms with E-state index in [1.165, 1.54) is 19.2 Å². The van der Waals surface area contributed by atoms with Gasteiger partial charge in [0.25, 0.3) is 0 Å². The molecule has 1 heterocycles. The number of imidazole rings is 1. The number of hydrogen-bond acceptors (Lipinski definition) is 5. The number of para-hydroxylation sites is 2. The zero-order valence-corrected chi connectivity index (χ0v) is 14.9. The number of rotatable bonds is 6. The lowest BCUT2D eigenvalue weighted by Crippen LogP contribution is -2.18. The maximum atomic E-state index is 12.3. The molecule has 0 aliphatic rings. The summed E-state index contributed by atoms with van der Waals surface area (Å²) >= 11 is 5.96. The summed E-state index contributed by atoms with van der Waals surface area (Å²) in [5.41, 5.74) is 7.62. The molecule has 0 fully saturated rings. The van der Waals surface area contributed by atoms with Crippen molar-refractivity contribution >= 4 is 34.3 Å². The van der Waals surface area contributed by atoms with Crippen LogP contribution in [0.5, 0.6) is 5.75 Å². The Morgan fingerprint density at radius 3 is 2.85 bits per heavy atom. The number of aryl methyl sites for hydroxylation is 1. The van der Waals surface area contributed by atoms with Gasteiger partial charge >= 0.3 is 11.7 Å². The summed E-state index contributed by atoms with van der Waals surface area (Å²) in [4.78, 5) is 27.0. The third-order valence-electron chi connectivity index (χ3n) is 3.98. The molecule has 0 atom stereocenters. The number of nitrogens with two attached hydrogens (primary N) is 1. The number of benzene rings is 2. The predicted octanol–water partition coefficient (Wildman–Crippen LogP) is 2.82. The molecule has 0 saturated carbocycles. The Morgan fingerprint density at radius 1 is 1.31 bits per heavy atom. The van der Waals surface area contributed by atoms with Gasteiger partial charge in [0, 0.05) is 12.6 Å². The molecule has 0 radical (unpaired) electrons. The van der Waals surface area contributed by atoms with Crippen molar-refractivity contribution in [3.63, 3.8) is 0 Å². The Balaban J connectivity index is 1.63. The molecule has 3 N–H and O–H groups in total. The lowest BCUT2D eigenvalue weighted by atomic mass is 10.2.